The molecule has 2 rings (SSSR count). The summed E-state index contributed by atoms with van der Waals surface area (Å²) in [5.74, 6) is -0.931. The molecule has 0 radical (unpaired) electrons. The van der Waals surface area contributed by atoms with Crippen molar-refractivity contribution in [3.8, 4) is 0 Å². The van der Waals surface area contributed by atoms with E-state index in [0.717, 1.165) is 30.3 Å². The van der Waals surface area contributed by atoms with Gasteiger partial charge in [0.2, 0.25) is 0 Å². The van der Waals surface area contributed by atoms with Crippen molar-refractivity contribution >= 4 is 49.5 Å². The molecule has 138 valence electrons. The molecular formula is C16H10BrClF3NO3S. The molecule has 0 unspecified atom stereocenters. The average molecular weight is 469 g/mol. The molecule has 1 N–H and O–H groups in total. The van der Waals surface area contributed by atoms with Gasteiger partial charge in [-0.2, -0.15) is 13.2 Å². The molecular weight excluding hydrogens is 459 g/mol. The first-order valence-electron chi connectivity index (χ1n) is 6.85. The standard InChI is InChI=1S/C16H10BrClF3NO3S/c17-12-5-6-13(14(18)9-12)15(23)22-26(24,25)8-7-10-1-3-11(4-2-10)16(19,20)21/h1-9H,(H,22,23)/b8-7+. The van der Waals surface area contributed by atoms with Gasteiger partial charge in [0.1, 0.15) is 0 Å². The molecule has 0 spiro atoms. The van der Waals surface area contributed by atoms with Gasteiger partial charge in [0.05, 0.1) is 21.6 Å². The fraction of sp³-hybridized carbons (Fsp3) is 0.0625. The smallest absolute Gasteiger partial charge is 0.268 e. The number of sulfonamides is 1. The summed E-state index contributed by atoms with van der Waals surface area (Å²) in [6, 6.07) is 8.17. The third-order valence-corrected chi connectivity index (χ3v) is 4.86. The Balaban J connectivity index is 2.12. The molecule has 0 saturated heterocycles. The lowest BCUT2D eigenvalue weighted by Gasteiger charge is -2.07. The Morgan fingerprint density at radius 2 is 1.73 bits per heavy atom. The minimum atomic E-state index is -4.48. The number of hydrogen-bond donors (Lipinski definition) is 1. The Morgan fingerprint density at radius 1 is 1.12 bits per heavy atom. The molecule has 0 atom stereocenters. The minimum Gasteiger partial charge on any atom is -0.268 e. The van der Waals surface area contributed by atoms with E-state index in [2.05, 4.69) is 15.9 Å². The molecule has 0 aliphatic carbocycles. The van der Waals surface area contributed by atoms with E-state index < -0.39 is 27.7 Å². The molecule has 2 aromatic rings. The third-order valence-electron chi connectivity index (χ3n) is 3.09. The van der Waals surface area contributed by atoms with Crippen LogP contribution in [0.4, 0.5) is 13.2 Å². The lowest BCUT2D eigenvalue weighted by atomic mass is 10.1. The van der Waals surface area contributed by atoms with E-state index in [9.17, 15) is 26.4 Å². The molecule has 0 aliphatic rings. The van der Waals surface area contributed by atoms with Crippen molar-refractivity contribution in [1.29, 1.82) is 0 Å². The molecule has 0 bridgehead atoms. The van der Waals surface area contributed by atoms with Crippen molar-refractivity contribution in [2.45, 2.75) is 6.18 Å². The molecule has 0 aliphatic heterocycles. The predicted molar refractivity (Wildman–Crippen MR) is 96.0 cm³/mol. The first-order valence-corrected chi connectivity index (χ1v) is 9.57. The SMILES string of the molecule is O=C(NS(=O)(=O)/C=C/c1ccc(C(F)(F)F)cc1)c1ccc(Br)cc1Cl. The molecule has 4 nitrogen and oxygen atoms in total. The second-order valence-electron chi connectivity index (χ2n) is 5.02. The topological polar surface area (TPSA) is 63.2 Å². The molecule has 2 aromatic carbocycles. The van der Waals surface area contributed by atoms with Gasteiger partial charge in [0.15, 0.2) is 0 Å². The van der Waals surface area contributed by atoms with Gasteiger partial charge in [0, 0.05) is 4.47 Å². The summed E-state index contributed by atoms with van der Waals surface area (Å²) in [4.78, 5) is 12.0. The number of alkyl halides is 3. The number of benzene rings is 2. The van der Waals surface area contributed by atoms with Crippen molar-refractivity contribution < 1.29 is 26.4 Å². The Bertz CT molecular complexity index is 958. The van der Waals surface area contributed by atoms with Crippen LogP contribution in [0.15, 0.2) is 52.3 Å². The fourth-order valence-electron chi connectivity index (χ4n) is 1.84. The van der Waals surface area contributed by atoms with Crippen LogP contribution in [0, 0.1) is 0 Å². The maximum Gasteiger partial charge on any atom is 0.416 e. The van der Waals surface area contributed by atoms with Crippen LogP contribution in [0.5, 0.6) is 0 Å². The quantitative estimate of drug-likeness (QED) is 0.698. The Morgan fingerprint density at radius 3 is 2.27 bits per heavy atom. The van der Waals surface area contributed by atoms with Crippen LogP contribution in [0.3, 0.4) is 0 Å². The zero-order chi connectivity index (χ0) is 19.5. The molecule has 10 heteroatoms. The molecule has 0 heterocycles. The van der Waals surface area contributed by atoms with E-state index >= 15 is 0 Å². The highest BCUT2D eigenvalue weighted by molar-refractivity contribution is 9.10. The van der Waals surface area contributed by atoms with Crippen molar-refractivity contribution in [2.24, 2.45) is 0 Å². The van der Waals surface area contributed by atoms with Gasteiger partial charge in [-0.25, -0.2) is 13.1 Å². The van der Waals surface area contributed by atoms with Crippen LogP contribution in [0.2, 0.25) is 5.02 Å². The second-order valence-corrected chi connectivity index (χ2v) is 7.91. The molecule has 1 amide bonds. The highest BCUT2D eigenvalue weighted by Gasteiger charge is 2.29. The van der Waals surface area contributed by atoms with Crippen molar-refractivity contribution in [2.75, 3.05) is 0 Å². The van der Waals surface area contributed by atoms with Gasteiger partial charge in [-0.3, -0.25) is 4.79 Å². The second kappa shape index (κ2) is 7.81. The van der Waals surface area contributed by atoms with Crippen LogP contribution in [-0.4, -0.2) is 14.3 Å². The first-order chi connectivity index (χ1) is 12.0. The van der Waals surface area contributed by atoms with Crippen molar-refractivity contribution in [3.05, 3.63) is 74.1 Å². The van der Waals surface area contributed by atoms with Crippen molar-refractivity contribution in [3.63, 3.8) is 0 Å². The lowest BCUT2D eigenvalue weighted by molar-refractivity contribution is -0.137. The molecule has 26 heavy (non-hydrogen) atoms. The van der Waals surface area contributed by atoms with E-state index in [-0.39, 0.29) is 16.1 Å². The van der Waals surface area contributed by atoms with Gasteiger partial charge in [-0.1, -0.05) is 39.7 Å². The molecule has 0 aromatic heterocycles. The normalized spacial score (nSPS) is 12.3. The number of halogens is 5. The number of amides is 1. The summed E-state index contributed by atoms with van der Waals surface area (Å²) in [6.07, 6.45) is -3.41. The highest BCUT2D eigenvalue weighted by Crippen LogP contribution is 2.29. The lowest BCUT2D eigenvalue weighted by Crippen LogP contribution is -2.29. The van der Waals surface area contributed by atoms with E-state index in [4.69, 9.17) is 11.6 Å². The summed E-state index contributed by atoms with van der Waals surface area (Å²) in [7, 11) is -4.17. The van der Waals surface area contributed by atoms with Crippen LogP contribution >= 0.6 is 27.5 Å². The summed E-state index contributed by atoms with van der Waals surface area (Å²) in [5, 5.41) is 0.735. The Hall–Kier alpha value is -1.84. The number of nitrogens with one attached hydrogen (secondary N) is 1. The van der Waals surface area contributed by atoms with Crippen LogP contribution in [-0.2, 0) is 16.2 Å². The van der Waals surface area contributed by atoms with Gasteiger partial charge < -0.3 is 0 Å². The zero-order valence-electron chi connectivity index (χ0n) is 12.7. The largest absolute Gasteiger partial charge is 0.416 e. The Labute approximate surface area is 160 Å². The third kappa shape index (κ3) is 5.58. The number of rotatable bonds is 4. The van der Waals surface area contributed by atoms with E-state index in [1.165, 1.54) is 18.2 Å². The number of hydrogen-bond acceptors (Lipinski definition) is 3. The maximum atomic E-state index is 12.5. The monoisotopic (exact) mass is 467 g/mol. The summed E-state index contributed by atoms with van der Waals surface area (Å²) in [6.45, 7) is 0. The molecule has 0 fully saturated rings. The van der Waals surface area contributed by atoms with Crippen LogP contribution in [0.25, 0.3) is 6.08 Å². The van der Waals surface area contributed by atoms with Crippen molar-refractivity contribution in [1.82, 2.24) is 4.72 Å². The minimum absolute atomic E-state index is 0.0404. The average Bonchev–Trinajstić information content (AvgIpc) is 2.52. The van der Waals surface area contributed by atoms with Crippen LogP contribution in [0.1, 0.15) is 21.5 Å². The number of carbonyl (C=O) groups excluding carboxylic acids is 1. The zero-order valence-corrected chi connectivity index (χ0v) is 15.9. The fourth-order valence-corrected chi connectivity index (χ4v) is 3.38. The predicted octanol–water partition coefficient (Wildman–Crippen LogP) is 4.85. The first kappa shape index (κ1) is 20.5. The van der Waals surface area contributed by atoms with Gasteiger partial charge >= 0.3 is 6.18 Å². The summed E-state index contributed by atoms with van der Waals surface area (Å²) < 4.78 is 63.7. The van der Waals surface area contributed by atoms with E-state index in [1.807, 2.05) is 0 Å². The molecule has 0 saturated carbocycles. The maximum absolute atomic E-state index is 12.5. The Kier molecular flexibility index (Phi) is 6.15. The highest BCUT2D eigenvalue weighted by atomic mass is 79.9. The van der Waals surface area contributed by atoms with E-state index in [1.54, 1.807) is 4.72 Å². The summed E-state index contributed by atoms with van der Waals surface area (Å²) >= 11 is 9.04. The van der Waals surface area contributed by atoms with E-state index in [0.29, 0.717) is 9.88 Å². The van der Waals surface area contributed by atoms with Gasteiger partial charge in [0.25, 0.3) is 15.9 Å². The van der Waals surface area contributed by atoms with Crippen LogP contribution < -0.4 is 4.72 Å². The summed E-state index contributed by atoms with van der Waals surface area (Å²) in [5.41, 5.74) is -0.672. The van der Waals surface area contributed by atoms with Gasteiger partial charge in [-0.05, 0) is 42.0 Å². The number of carbonyl (C=O) groups is 1. The van der Waals surface area contributed by atoms with Gasteiger partial charge in [-0.15, -0.1) is 0 Å².